The van der Waals surface area contributed by atoms with Gasteiger partial charge in [-0.05, 0) is 55.3 Å². The zero-order valence-electron chi connectivity index (χ0n) is 16.3. The second kappa shape index (κ2) is 9.33. The van der Waals surface area contributed by atoms with E-state index < -0.39 is 15.7 Å². The molecule has 3 rings (SSSR count). The summed E-state index contributed by atoms with van der Waals surface area (Å²) in [7, 11) is -3.55. The van der Waals surface area contributed by atoms with Gasteiger partial charge in [-0.15, -0.1) is 11.8 Å². The van der Waals surface area contributed by atoms with Crippen molar-refractivity contribution in [1.29, 1.82) is 0 Å². The van der Waals surface area contributed by atoms with Crippen LogP contribution in [0.15, 0.2) is 75.1 Å². The Morgan fingerprint density at radius 1 is 1.03 bits per heavy atom. The second-order valence-electron chi connectivity index (χ2n) is 6.70. The molecule has 2 aromatic carbocycles. The van der Waals surface area contributed by atoms with Gasteiger partial charge in [0.15, 0.2) is 15.6 Å². The summed E-state index contributed by atoms with van der Waals surface area (Å²) in [5, 5.41) is 2.80. The number of amides is 1. The number of benzene rings is 2. The van der Waals surface area contributed by atoms with E-state index in [9.17, 15) is 13.2 Å². The number of aryl methyl sites for hydroxylation is 2. The predicted octanol–water partition coefficient (Wildman–Crippen LogP) is 4.39. The minimum atomic E-state index is -3.55. The molecule has 0 aliphatic carbocycles. The van der Waals surface area contributed by atoms with Crippen LogP contribution < -0.4 is 5.32 Å². The van der Waals surface area contributed by atoms with E-state index in [0.29, 0.717) is 17.9 Å². The smallest absolute Gasteiger partial charge is 0.287 e. The van der Waals surface area contributed by atoms with Crippen LogP contribution in [-0.4, -0.2) is 26.6 Å². The third kappa shape index (κ3) is 5.52. The molecule has 0 saturated heterocycles. The molecule has 3 aromatic rings. The Bertz CT molecular complexity index is 1090. The van der Waals surface area contributed by atoms with Crippen LogP contribution in [-0.2, 0) is 15.6 Å². The Morgan fingerprint density at radius 3 is 2.52 bits per heavy atom. The van der Waals surface area contributed by atoms with E-state index in [1.807, 2.05) is 0 Å². The molecule has 5 nitrogen and oxygen atoms in total. The van der Waals surface area contributed by atoms with Gasteiger partial charge in [0.25, 0.3) is 5.91 Å². The number of carbonyl (C=O) groups excluding carboxylic acids is 1. The van der Waals surface area contributed by atoms with Crippen LogP contribution in [0.25, 0.3) is 0 Å². The van der Waals surface area contributed by atoms with Gasteiger partial charge < -0.3 is 9.73 Å². The van der Waals surface area contributed by atoms with Gasteiger partial charge in [0.2, 0.25) is 0 Å². The first kappa shape index (κ1) is 21.2. The molecular weight excluding hydrogens is 406 g/mol. The summed E-state index contributed by atoms with van der Waals surface area (Å²) in [4.78, 5) is 13.8. The maximum Gasteiger partial charge on any atom is 0.287 e. The molecule has 0 spiro atoms. The summed E-state index contributed by atoms with van der Waals surface area (Å²) in [6.07, 6.45) is 1.34. The van der Waals surface area contributed by atoms with Crippen molar-refractivity contribution >= 4 is 27.5 Å². The Hall–Kier alpha value is -2.51. The summed E-state index contributed by atoms with van der Waals surface area (Å²) >= 11 is 1.65. The normalized spacial score (nSPS) is 11.4. The van der Waals surface area contributed by atoms with Crippen molar-refractivity contribution in [3.63, 3.8) is 0 Å². The first-order valence-corrected chi connectivity index (χ1v) is 11.8. The molecule has 0 fully saturated rings. The van der Waals surface area contributed by atoms with Gasteiger partial charge in [-0.2, -0.15) is 0 Å². The van der Waals surface area contributed by atoms with Gasteiger partial charge in [0.05, 0.1) is 16.9 Å². The molecule has 0 aliphatic rings. The number of hydrogen-bond donors (Lipinski definition) is 1. The highest BCUT2D eigenvalue weighted by Crippen LogP contribution is 2.21. The van der Waals surface area contributed by atoms with Crippen molar-refractivity contribution in [1.82, 2.24) is 5.32 Å². The van der Waals surface area contributed by atoms with Crippen molar-refractivity contribution in [2.24, 2.45) is 0 Å². The van der Waals surface area contributed by atoms with Gasteiger partial charge in [0.1, 0.15) is 0 Å². The standard InChI is InChI=1S/C22H23NO4S2/c1-16-8-9-19(14-17(16)2)28-13-11-23-22(24)21-18(10-12-27-21)15-29(25,26)20-6-4-3-5-7-20/h3-10,12,14H,11,13,15H2,1-2H3,(H,23,24). The molecule has 1 aromatic heterocycles. The highest BCUT2D eigenvalue weighted by atomic mass is 32.2. The number of rotatable bonds is 8. The fourth-order valence-corrected chi connectivity index (χ4v) is 5.02. The molecule has 1 heterocycles. The second-order valence-corrected chi connectivity index (χ2v) is 9.86. The monoisotopic (exact) mass is 429 g/mol. The average Bonchev–Trinajstić information content (AvgIpc) is 3.16. The van der Waals surface area contributed by atoms with Crippen molar-refractivity contribution in [2.75, 3.05) is 12.3 Å². The minimum absolute atomic E-state index is 0.0423. The van der Waals surface area contributed by atoms with Gasteiger partial charge in [-0.3, -0.25) is 4.79 Å². The summed E-state index contributed by atoms with van der Waals surface area (Å²) in [5.41, 5.74) is 2.84. The number of hydrogen-bond acceptors (Lipinski definition) is 5. The van der Waals surface area contributed by atoms with E-state index in [2.05, 4.69) is 37.4 Å². The van der Waals surface area contributed by atoms with Crippen molar-refractivity contribution in [2.45, 2.75) is 29.4 Å². The Morgan fingerprint density at radius 2 is 1.79 bits per heavy atom. The maximum atomic E-state index is 12.6. The van der Waals surface area contributed by atoms with Crippen molar-refractivity contribution < 1.29 is 17.6 Å². The minimum Gasteiger partial charge on any atom is -0.459 e. The van der Waals surface area contributed by atoms with Gasteiger partial charge >= 0.3 is 0 Å². The maximum absolute atomic E-state index is 12.6. The molecule has 0 aliphatic heterocycles. The fraction of sp³-hybridized carbons (Fsp3) is 0.227. The lowest BCUT2D eigenvalue weighted by Crippen LogP contribution is -2.26. The van der Waals surface area contributed by atoms with E-state index >= 15 is 0 Å². The zero-order valence-corrected chi connectivity index (χ0v) is 18.0. The highest BCUT2D eigenvalue weighted by molar-refractivity contribution is 7.99. The molecule has 29 heavy (non-hydrogen) atoms. The molecular formula is C22H23NO4S2. The van der Waals surface area contributed by atoms with Crippen LogP contribution in [0, 0.1) is 13.8 Å². The zero-order chi connectivity index (χ0) is 20.9. The summed E-state index contributed by atoms with van der Waals surface area (Å²) in [6, 6.07) is 16.0. The lowest BCUT2D eigenvalue weighted by molar-refractivity contribution is 0.0927. The van der Waals surface area contributed by atoms with Crippen LogP contribution >= 0.6 is 11.8 Å². The van der Waals surface area contributed by atoms with Crippen LogP contribution in [0.2, 0.25) is 0 Å². The Kier molecular flexibility index (Phi) is 6.82. The van der Waals surface area contributed by atoms with Crippen LogP contribution in [0.5, 0.6) is 0 Å². The Balaban J connectivity index is 1.57. The molecule has 0 radical (unpaired) electrons. The van der Waals surface area contributed by atoms with E-state index in [0.717, 1.165) is 4.90 Å². The molecule has 152 valence electrons. The van der Waals surface area contributed by atoms with Crippen LogP contribution in [0.3, 0.4) is 0 Å². The van der Waals surface area contributed by atoms with E-state index in [1.165, 1.54) is 23.5 Å². The number of furan rings is 1. The van der Waals surface area contributed by atoms with Gasteiger partial charge in [-0.25, -0.2) is 8.42 Å². The predicted molar refractivity (Wildman–Crippen MR) is 115 cm³/mol. The van der Waals surface area contributed by atoms with E-state index in [1.54, 1.807) is 42.1 Å². The Labute approximate surface area is 175 Å². The summed E-state index contributed by atoms with van der Waals surface area (Å²) in [6.45, 7) is 4.59. The third-order valence-corrected chi connectivity index (χ3v) is 7.21. The van der Waals surface area contributed by atoms with Gasteiger partial charge in [0, 0.05) is 22.8 Å². The fourth-order valence-electron chi connectivity index (χ4n) is 2.78. The van der Waals surface area contributed by atoms with E-state index in [-0.39, 0.29) is 16.4 Å². The quantitative estimate of drug-likeness (QED) is 0.424. The van der Waals surface area contributed by atoms with Crippen LogP contribution in [0.4, 0.5) is 0 Å². The van der Waals surface area contributed by atoms with E-state index in [4.69, 9.17) is 4.42 Å². The first-order valence-electron chi connectivity index (χ1n) is 9.19. The third-order valence-electron chi connectivity index (χ3n) is 4.54. The number of thioether (sulfide) groups is 1. The van der Waals surface area contributed by atoms with Gasteiger partial charge in [-0.1, -0.05) is 24.3 Å². The summed E-state index contributed by atoms with van der Waals surface area (Å²) in [5.74, 6) is 0.0508. The lowest BCUT2D eigenvalue weighted by Gasteiger charge is -2.07. The highest BCUT2D eigenvalue weighted by Gasteiger charge is 2.22. The topological polar surface area (TPSA) is 76.4 Å². The number of carbonyl (C=O) groups is 1. The first-order chi connectivity index (χ1) is 13.9. The molecule has 1 amide bonds. The van der Waals surface area contributed by atoms with Crippen LogP contribution in [0.1, 0.15) is 27.2 Å². The number of nitrogens with one attached hydrogen (secondary N) is 1. The molecule has 7 heteroatoms. The molecule has 0 unspecified atom stereocenters. The number of sulfone groups is 1. The van der Waals surface area contributed by atoms with Crippen molar-refractivity contribution in [3.8, 4) is 0 Å². The molecule has 1 N–H and O–H groups in total. The molecule has 0 bridgehead atoms. The SMILES string of the molecule is Cc1ccc(SCCNC(=O)c2occc2CS(=O)(=O)c2ccccc2)cc1C. The lowest BCUT2D eigenvalue weighted by atomic mass is 10.1. The average molecular weight is 430 g/mol. The molecule has 0 atom stereocenters. The summed E-state index contributed by atoms with van der Waals surface area (Å²) < 4.78 is 30.4. The molecule has 0 saturated carbocycles. The van der Waals surface area contributed by atoms with Crippen molar-refractivity contribution in [3.05, 3.63) is 83.3 Å². The largest absolute Gasteiger partial charge is 0.459 e.